The van der Waals surface area contributed by atoms with E-state index in [1.54, 1.807) is 5.57 Å². The highest BCUT2D eigenvalue weighted by atomic mass is 127. The van der Waals surface area contributed by atoms with Gasteiger partial charge in [-0.1, -0.05) is 45.4 Å². The van der Waals surface area contributed by atoms with Crippen molar-refractivity contribution in [1.82, 2.24) is 0 Å². The third-order valence-electron chi connectivity index (χ3n) is 8.56. The average molecular weight is 517 g/mol. The van der Waals surface area contributed by atoms with E-state index in [1.165, 1.54) is 22.8 Å². The van der Waals surface area contributed by atoms with Crippen LogP contribution < -0.4 is 0 Å². The van der Waals surface area contributed by atoms with Gasteiger partial charge in [-0.25, -0.2) is 0 Å². The number of halogens is 1. The number of fused-ring (bicyclic) bond motifs is 1. The maximum absolute atomic E-state index is 11.5. The summed E-state index contributed by atoms with van der Waals surface area (Å²) in [6, 6.07) is 0. The zero-order chi connectivity index (χ0) is 20.9. The minimum Gasteiger partial charge on any atom is -0.417 e. The summed E-state index contributed by atoms with van der Waals surface area (Å²) >= 11 is 2.41. The molecule has 0 aromatic heterocycles. The van der Waals surface area contributed by atoms with Gasteiger partial charge in [0.15, 0.2) is 8.32 Å². The van der Waals surface area contributed by atoms with Crippen LogP contribution >= 0.6 is 22.6 Å². The van der Waals surface area contributed by atoms with E-state index in [-0.39, 0.29) is 11.1 Å². The molecule has 0 heterocycles. The van der Waals surface area contributed by atoms with Crippen LogP contribution in [-0.4, -0.2) is 26.1 Å². The Kier molecular flexibility index (Phi) is 6.68. The highest BCUT2D eigenvalue weighted by Gasteiger charge is 2.67. The minimum absolute atomic E-state index is 0.171. The summed E-state index contributed by atoms with van der Waals surface area (Å²) in [5, 5.41) is 11.7. The van der Waals surface area contributed by atoms with Gasteiger partial charge in [0, 0.05) is 6.61 Å². The lowest BCUT2D eigenvalue weighted by molar-refractivity contribution is 0.0237. The second kappa shape index (κ2) is 8.12. The third-order valence-corrected chi connectivity index (χ3v) is 13.5. The fourth-order valence-electron chi connectivity index (χ4n) is 5.61. The molecule has 3 aliphatic rings. The standard InChI is InChI=1S/C24H41IO2Si/c1-16(25)10-11-18(15-27-28(6,7)23(2,3)4)19-13-12-17-9-8-14-24(5)20(17)21(24)22(19)26/h9-10,18-22,26H,8,11-15H2,1-7H3/b16-10-/t18-,19-,20+,21+,22-,24+/m1/s1. The van der Waals surface area contributed by atoms with Crippen molar-refractivity contribution in [3.63, 3.8) is 0 Å². The Bertz CT molecular complexity index is 643. The Hall–Kier alpha value is 0.347. The molecule has 0 spiro atoms. The van der Waals surface area contributed by atoms with Gasteiger partial charge in [-0.05, 0) is 112 Å². The van der Waals surface area contributed by atoms with Crippen molar-refractivity contribution in [3.8, 4) is 0 Å². The van der Waals surface area contributed by atoms with Crippen molar-refractivity contribution < 1.29 is 9.53 Å². The molecular formula is C24H41IO2Si. The number of hydrogen-bond acceptors (Lipinski definition) is 2. The van der Waals surface area contributed by atoms with E-state index in [4.69, 9.17) is 4.43 Å². The van der Waals surface area contributed by atoms with Gasteiger partial charge in [0.2, 0.25) is 0 Å². The van der Waals surface area contributed by atoms with Crippen molar-refractivity contribution in [2.75, 3.05) is 6.61 Å². The number of allylic oxidation sites excluding steroid dienone is 4. The molecule has 0 saturated heterocycles. The molecule has 2 nitrogen and oxygen atoms in total. The highest BCUT2D eigenvalue weighted by Crippen LogP contribution is 2.71. The molecule has 0 unspecified atom stereocenters. The molecule has 0 radical (unpaired) electrons. The van der Waals surface area contributed by atoms with Gasteiger partial charge >= 0.3 is 0 Å². The fourth-order valence-corrected chi connectivity index (χ4v) is 6.93. The number of aliphatic hydroxyl groups is 1. The zero-order valence-corrected chi connectivity index (χ0v) is 22.2. The quantitative estimate of drug-likeness (QED) is 0.232. The summed E-state index contributed by atoms with van der Waals surface area (Å²) < 4.78 is 8.02. The van der Waals surface area contributed by atoms with Crippen LogP contribution in [0, 0.1) is 29.1 Å². The first-order valence-corrected chi connectivity index (χ1v) is 15.2. The van der Waals surface area contributed by atoms with Crippen LogP contribution in [0.1, 0.15) is 66.7 Å². The Morgan fingerprint density at radius 1 is 1.43 bits per heavy atom. The fraction of sp³-hybridized carbons (Fsp3) is 0.833. The van der Waals surface area contributed by atoms with Crippen LogP contribution in [0.15, 0.2) is 21.3 Å². The van der Waals surface area contributed by atoms with Crippen LogP contribution in [0.2, 0.25) is 18.1 Å². The first-order valence-electron chi connectivity index (χ1n) is 11.2. The van der Waals surface area contributed by atoms with E-state index in [9.17, 15) is 5.11 Å². The molecule has 6 atom stereocenters. The molecule has 2 fully saturated rings. The minimum atomic E-state index is -1.78. The van der Waals surface area contributed by atoms with E-state index in [0.29, 0.717) is 29.1 Å². The lowest BCUT2D eigenvalue weighted by atomic mass is 9.77. The topological polar surface area (TPSA) is 29.5 Å². The normalized spacial score (nSPS) is 37.0. The second-order valence-electron chi connectivity index (χ2n) is 11.4. The van der Waals surface area contributed by atoms with Crippen LogP contribution in [0.4, 0.5) is 0 Å². The lowest BCUT2D eigenvalue weighted by Crippen LogP contribution is -2.43. The molecule has 28 heavy (non-hydrogen) atoms. The van der Waals surface area contributed by atoms with Crippen molar-refractivity contribution in [3.05, 3.63) is 21.3 Å². The maximum atomic E-state index is 11.5. The highest BCUT2D eigenvalue weighted by molar-refractivity contribution is 14.1. The van der Waals surface area contributed by atoms with Crippen LogP contribution in [0.5, 0.6) is 0 Å². The van der Waals surface area contributed by atoms with Gasteiger partial charge in [0.05, 0.1) is 6.10 Å². The van der Waals surface area contributed by atoms with Crippen LogP contribution in [-0.2, 0) is 4.43 Å². The molecule has 160 valence electrons. The van der Waals surface area contributed by atoms with Gasteiger partial charge < -0.3 is 9.53 Å². The lowest BCUT2D eigenvalue weighted by Gasteiger charge is -2.39. The average Bonchev–Trinajstić information content (AvgIpc) is 3.24. The van der Waals surface area contributed by atoms with E-state index in [0.717, 1.165) is 19.4 Å². The summed E-state index contributed by atoms with van der Waals surface area (Å²) in [4.78, 5) is 0. The number of aliphatic hydroxyl groups excluding tert-OH is 1. The van der Waals surface area contributed by atoms with E-state index in [2.05, 4.69) is 82.5 Å². The summed E-state index contributed by atoms with van der Waals surface area (Å²) in [6.07, 6.45) is 10.5. The summed E-state index contributed by atoms with van der Waals surface area (Å²) in [5.41, 5.74) is 2.02. The van der Waals surface area contributed by atoms with Gasteiger partial charge in [-0.15, -0.1) is 0 Å². The molecule has 0 aromatic rings. The van der Waals surface area contributed by atoms with Crippen LogP contribution in [0.3, 0.4) is 0 Å². The predicted octanol–water partition coefficient (Wildman–Crippen LogP) is 7.10. The molecular weight excluding hydrogens is 475 g/mol. The summed E-state index contributed by atoms with van der Waals surface area (Å²) in [5.74, 6) is 1.91. The van der Waals surface area contributed by atoms with Crippen LogP contribution in [0.25, 0.3) is 0 Å². The van der Waals surface area contributed by atoms with Gasteiger partial charge in [0.25, 0.3) is 0 Å². The molecule has 0 amide bonds. The zero-order valence-electron chi connectivity index (χ0n) is 19.0. The molecule has 2 saturated carbocycles. The molecule has 1 N–H and O–H groups in total. The Balaban J connectivity index is 1.79. The monoisotopic (exact) mass is 516 g/mol. The number of hydrogen-bond donors (Lipinski definition) is 1. The summed E-state index contributed by atoms with van der Waals surface area (Å²) in [7, 11) is -1.78. The molecule has 0 aromatic carbocycles. The van der Waals surface area contributed by atoms with E-state index >= 15 is 0 Å². The van der Waals surface area contributed by atoms with Crippen molar-refractivity contribution in [1.29, 1.82) is 0 Å². The second-order valence-corrected chi connectivity index (χ2v) is 17.9. The Morgan fingerprint density at radius 3 is 2.71 bits per heavy atom. The molecule has 0 aliphatic heterocycles. The van der Waals surface area contributed by atoms with Gasteiger partial charge in [0.1, 0.15) is 0 Å². The van der Waals surface area contributed by atoms with Crippen molar-refractivity contribution >= 4 is 30.9 Å². The predicted molar refractivity (Wildman–Crippen MR) is 130 cm³/mol. The number of rotatable bonds is 6. The van der Waals surface area contributed by atoms with Gasteiger partial charge in [-0.2, -0.15) is 0 Å². The third kappa shape index (κ3) is 4.35. The SMILES string of the molecule is C/C(I)=C/C[C@H](CO[Si](C)(C)C(C)(C)C)[C@H]1CCC2=CCC[C@]3(C)[C@H]([C@@H]1O)[C@H]23. The Labute approximate surface area is 187 Å². The maximum Gasteiger partial charge on any atom is 0.191 e. The largest absolute Gasteiger partial charge is 0.417 e. The molecule has 3 aliphatic carbocycles. The smallest absolute Gasteiger partial charge is 0.191 e. The molecule has 4 heteroatoms. The Morgan fingerprint density at radius 2 is 2.11 bits per heavy atom. The molecule has 3 rings (SSSR count). The van der Waals surface area contributed by atoms with E-state index < -0.39 is 8.32 Å². The summed E-state index contributed by atoms with van der Waals surface area (Å²) in [6.45, 7) is 17.0. The first-order chi connectivity index (χ1) is 12.9. The van der Waals surface area contributed by atoms with E-state index in [1.807, 2.05) is 0 Å². The van der Waals surface area contributed by atoms with Crippen molar-refractivity contribution in [2.24, 2.45) is 29.1 Å². The van der Waals surface area contributed by atoms with Crippen molar-refractivity contribution in [2.45, 2.75) is 91.0 Å². The molecule has 0 bridgehead atoms. The first kappa shape index (κ1) is 23.0. The van der Waals surface area contributed by atoms with Gasteiger partial charge in [-0.3, -0.25) is 0 Å².